The number of guanidine groups is 1. The zero-order chi connectivity index (χ0) is 16.2. The summed E-state index contributed by atoms with van der Waals surface area (Å²) in [7, 11) is 3.51. The van der Waals surface area contributed by atoms with E-state index in [1.807, 2.05) is 28.8 Å². The molecule has 23 heavy (non-hydrogen) atoms. The second kappa shape index (κ2) is 8.83. The lowest BCUT2D eigenvalue weighted by Crippen LogP contribution is -2.37. The van der Waals surface area contributed by atoms with Gasteiger partial charge in [0.15, 0.2) is 11.7 Å². The third-order valence-electron chi connectivity index (χ3n) is 2.81. The SMILES string of the molecule is CN=C(NCc1nc(C(F)(F)F)cs1)N(C)Cc1ccsc1.I. The highest BCUT2D eigenvalue weighted by molar-refractivity contribution is 14.0. The van der Waals surface area contributed by atoms with Crippen LogP contribution in [0.3, 0.4) is 0 Å². The predicted octanol–water partition coefficient (Wildman–Crippen LogP) is 4.05. The van der Waals surface area contributed by atoms with Crippen LogP contribution in [0.2, 0.25) is 0 Å². The Bertz CT molecular complexity index is 625. The minimum atomic E-state index is -4.40. The lowest BCUT2D eigenvalue weighted by molar-refractivity contribution is -0.140. The summed E-state index contributed by atoms with van der Waals surface area (Å²) in [5, 5.41) is 8.45. The Balaban J connectivity index is 0.00000264. The van der Waals surface area contributed by atoms with E-state index >= 15 is 0 Å². The molecule has 2 aromatic rings. The summed E-state index contributed by atoms with van der Waals surface area (Å²) >= 11 is 2.59. The standard InChI is InChI=1S/C13H15F3N4S2.HI/c1-17-12(20(2)6-9-3-4-21-7-9)18-5-11-19-10(8-22-11)13(14,15)16;/h3-4,7-8H,5-6H2,1-2H3,(H,17,18);1H. The van der Waals surface area contributed by atoms with Gasteiger partial charge >= 0.3 is 6.18 Å². The Morgan fingerprint density at radius 3 is 2.65 bits per heavy atom. The van der Waals surface area contributed by atoms with E-state index < -0.39 is 11.9 Å². The Kier molecular flexibility index (Phi) is 7.74. The van der Waals surface area contributed by atoms with Gasteiger partial charge in [0.1, 0.15) is 5.01 Å². The van der Waals surface area contributed by atoms with Gasteiger partial charge < -0.3 is 10.2 Å². The predicted molar refractivity (Wildman–Crippen MR) is 98.5 cm³/mol. The molecule has 10 heteroatoms. The van der Waals surface area contributed by atoms with E-state index in [1.165, 1.54) is 0 Å². The van der Waals surface area contributed by atoms with E-state index in [1.54, 1.807) is 18.4 Å². The van der Waals surface area contributed by atoms with E-state index in [0.717, 1.165) is 22.3 Å². The van der Waals surface area contributed by atoms with Crippen LogP contribution < -0.4 is 5.32 Å². The quantitative estimate of drug-likeness (QED) is 0.412. The molecule has 1 N–H and O–H groups in total. The van der Waals surface area contributed by atoms with Crippen molar-refractivity contribution in [3.05, 3.63) is 38.5 Å². The number of alkyl halides is 3. The Morgan fingerprint density at radius 2 is 2.13 bits per heavy atom. The van der Waals surface area contributed by atoms with Crippen molar-refractivity contribution < 1.29 is 13.2 Å². The number of aromatic nitrogens is 1. The molecule has 0 bridgehead atoms. The maximum atomic E-state index is 12.5. The van der Waals surface area contributed by atoms with Crippen LogP contribution in [0.4, 0.5) is 13.2 Å². The molecule has 0 saturated carbocycles. The van der Waals surface area contributed by atoms with E-state index in [2.05, 4.69) is 15.3 Å². The van der Waals surface area contributed by atoms with Crippen molar-refractivity contribution in [3.8, 4) is 0 Å². The molecule has 0 aliphatic carbocycles. The molecule has 0 atom stereocenters. The second-order valence-electron chi connectivity index (χ2n) is 4.51. The molecule has 0 fully saturated rings. The monoisotopic (exact) mass is 476 g/mol. The van der Waals surface area contributed by atoms with Crippen LogP contribution in [-0.4, -0.2) is 29.9 Å². The molecule has 0 saturated heterocycles. The topological polar surface area (TPSA) is 40.5 Å². The summed E-state index contributed by atoms with van der Waals surface area (Å²) in [5.74, 6) is 0.606. The number of halogens is 4. The van der Waals surface area contributed by atoms with Crippen LogP contribution in [0, 0.1) is 0 Å². The van der Waals surface area contributed by atoms with E-state index in [4.69, 9.17) is 0 Å². The van der Waals surface area contributed by atoms with E-state index in [-0.39, 0.29) is 30.5 Å². The van der Waals surface area contributed by atoms with Gasteiger partial charge in [0.05, 0.1) is 6.54 Å². The highest BCUT2D eigenvalue weighted by atomic mass is 127. The summed E-state index contributed by atoms with van der Waals surface area (Å²) in [4.78, 5) is 9.61. The van der Waals surface area contributed by atoms with Crippen LogP contribution in [0.15, 0.2) is 27.2 Å². The molecule has 0 aliphatic heterocycles. The summed E-state index contributed by atoms with van der Waals surface area (Å²) in [6.45, 7) is 0.885. The molecule has 4 nitrogen and oxygen atoms in total. The first-order valence-corrected chi connectivity index (χ1v) is 8.17. The highest BCUT2D eigenvalue weighted by Crippen LogP contribution is 2.29. The molecular weight excluding hydrogens is 460 g/mol. The largest absolute Gasteiger partial charge is 0.434 e. The summed E-state index contributed by atoms with van der Waals surface area (Å²) in [6, 6.07) is 2.02. The number of hydrogen-bond donors (Lipinski definition) is 1. The summed E-state index contributed by atoms with van der Waals surface area (Å²) in [6.07, 6.45) is -4.40. The molecule has 2 rings (SSSR count). The number of aliphatic imine (C=N–C) groups is 1. The first-order chi connectivity index (χ1) is 10.4. The third kappa shape index (κ3) is 5.92. The van der Waals surface area contributed by atoms with Gasteiger partial charge in [-0.1, -0.05) is 0 Å². The van der Waals surface area contributed by atoms with Gasteiger partial charge in [0.2, 0.25) is 0 Å². The van der Waals surface area contributed by atoms with Gasteiger partial charge in [-0.25, -0.2) is 4.98 Å². The van der Waals surface area contributed by atoms with E-state index in [0.29, 0.717) is 17.5 Å². The van der Waals surface area contributed by atoms with Gasteiger partial charge in [-0.3, -0.25) is 4.99 Å². The Labute approximate surface area is 157 Å². The van der Waals surface area contributed by atoms with Crippen molar-refractivity contribution in [1.29, 1.82) is 0 Å². The maximum Gasteiger partial charge on any atom is 0.434 e. The van der Waals surface area contributed by atoms with Gasteiger partial charge in [0, 0.05) is 26.0 Å². The number of thiazole rings is 1. The number of nitrogens with one attached hydrogen (secondary N) is 1. The number of nitrogens with zero attached hydrogens (tertiary/aromatic N) is 3. The van der Waals surface area contributed by atoms with Crippen LogP contribution in [0.1, 0.15) is 16.3 Å². The fourth-order valence-corrected chi connectivity index (χ4v) is 3.19. The van der Waals surface area contributed by atoms with Crippen LogP contribution in [0.5, 0.6) is 0 Å². The van der Waals surface area contributed by atoms with Crippen molar-refractivity contribution in [3.63, 3.8) is 0 Å². The van der Waals surface area contributed by atoms with Crippen molar-refractivity contribution >= 4 is 52.6 Å². The van der Waals surface area contributed by atoms with Crippen molar-refractivity contribution in [2.45, 2.75) is 19.3 Å². The van der Waals surface area contributed by atoms with Gasteiger partial charge in [-0.05, 0) is 22.4 Å². The minimum absolute atomic E-state index is 0. The molecule has 128 valence electrons. The van der Waals surface area contributed by atoms with E-state index in [9.17, 15) is 13.2 Å². The van der Waals surface area contributed by atoms with Crippen molar-refractivity contribution in [2.24, 2.45) is 4.99 Å². The Morgan fingerprint density at radius 1 is 1.39 bits per heavy atom. The first-order valence-electron chi connectivity index (χ1n) is 6.34. The smallest absolute Gasteiger partial charge is 0.350 e. The number of rotatable bonds is 4. The molecular formula is C13H16F3IN4S2. The average Bonchev–Trinajstić information content (AvgIpc) is 3.09. The molecule has 0 amide bonds. The first kappa shape index (κ1) is 20.2. The lowest BCUT2D eigenvalue weighted by atomic mass is 10.3. The number of thiophene rings is 1. The van der Waals surface area contributed by atoms with Crippen molar-refractivity contribution in [2.75, 3.05) is 14.1 Å². The summed E-state index contributed by atoms with van der Waals surface area (Å²) < 4.78 is 37.5. The van der Waals surface area contributed by atoms with Crippen LogP contribution in [-0.2, 0) is 19.3 Å². The van der Waals surface area contributed by atoms with Gasteiger partial charge in [-0.2, -0.15) is 24.5 Å². The average molecular weight is 476 g/mol. The molecule has 2 aromatic heterocycles. The van der Waals surface area contributed by atoms with Crippen molar-refractivity contribution in [1.82, 2.24) is 15.2 Å². The fraction of sp³-hybridized carbons (Fsp3) is 0.385. The molecule has 0 aliphatic rings. The fourth-order valence-electron chi connectivity index (χ4n) is 1.79. The second-order valence-corrected chi connectivity index (χ2v) is 6.24. The maximum absolute atomic E-state index is 12.5. The van der Waals surface area contributed by atoms with Gasteiger partial charge in [-0.15, -0.1) is 35.3 Å². The molecule has 2 heterocycles. The van der Waals surface area contributed by atoms with Crippen LogP contribution in [0.25, 0.3) is 0 Å². The number of hydrogen-bond acceptors (Lipinski definition) is 4. The lowest BCUT2D eigenvalue weighted by Gasteiger charge is -2.21. The minimum Gasteiger partial charge on any atom is -0.350 e. The third-order valence-corrected chi connectivity index (χ3v) is 4.39. The zero-order valence-electron chi connectivity index (χ0n) is 12.4. The summed E-state index contributed by atoms with van der Waals surface area (Å²) in [5.41, 5.74) is 0.306. The van der Waals surface area contributed by atoms with Crippen LogP contribution >= 0.6 is 46.7 Å². The Hall–Kier alpha value is -0.880. The molecule has 0 aromatic carbocycles. The molecule has 0 radical (unpaired) electrons. The van der Waals surface area contributed by atoms with Gasteiger partial charge in [0.25, 0.3) is 0 Å². The highest BCUT2D eigenvalue weighted by Gasteiger charge is 2.33. The molecule has 0 spiro atoms. The zero-order valence-corrected chi connectivity index (χ0v) is 16.4. The molecule has 0 unspecified atom stereocenters. The normalized spacial score (nSPS) is 12.0.